The maximum absolute atomic E-state index is 10.0. The zero-order valence-corrected chi connectivity index (χ0v) is 84.5. The van der Waals surface area contributed by atoms with Crippen LogP contribution in [0.25, 0.3) is 0 Å². The number of halogens is 1. The van der Waals surface area contributed by atoms with E-state index in [1.807, 2.05) is 0 Å². The third-order valence-electron chi connectivity index (χ3n) is 24.0. The van der Waals surface area contributed by atoms with Gasteiger partial charge in [0, 0.05) is 98.0 Å². The maximum atomic E-state index is 10.0. The Hall–Kier alpha value is -1.43. The van der Waals surface area contributed by atoms with Gasteiger partial charge in [-0.1, -0.05) is 440 Å². The standard InChI is InChI=1S/C44H94N4.C44H88N4.C12H24O.C6H18N4.ClH.H2O/c2*1-4-7-10-13-16-19-22-25-28-31-34-38-47-41-44-48(43-40-46-37-33-30-27-24-21-18-15-12-9-6-3)42-35-39-45-36-32-29-26-23-20-17-14-11-8-5-2;1-2-3-4-5-6-7-8-9-10-11-12-13;7-1-4-10(5-2-8)6-3-9;;/h45-47H,4-44H2,1-3H3;36-38H,4-35,39-44H2,1-3H3;12H,2-11H2,1H3;1-9H2;1H;1H2/p-1. The van der Waals surface area contributed by atoms with Gasteiger partial charge < -0.3 is 48.3 Å². The largest absolute Gasteiger partial charge is 0.870 e. The molecule has 0 bridgehead atoms. The van der Waals surface area contributed by atoms with Crippen LogP contribution in [0.5, 0.6) is 0 Å². The molecule has 0 heterocycles. The minimum Gasteiger partial charge on any atom is -0.870 e. The van der Waals surface area contributed by atoms with Crippen molar-refractivity contribution in [1.29, 1.82) is 0 Å². The molecular formula is C106H226ClN12O2-. The number of unbranched alkanes of at least 4 members (excludes halogenated alkanes) is 65. The van der Waals surface area contributed by atoms with Crippen LogP contribution in [-0.4, -0.2) is 183 Å². The summed E-state index contributed by atoms with van der Waals surface area (Å²) in [7, 11) is 0. The van der Waals surface area contributed by atoms with E-state index in [0.29, 0.717) is 19.6 Å². The van der Waals surface area contributed by atoms with Crippen molar-refractivity contribution < 1.29 is 10.3 Å². The summed E-state index contributed by atoms with van der Waals surface area (Å²) in [6.07, 6.45) is 109. The normalized spacial score (nSPS) is 11.5. The third-order valence-corrected chi connectivity index (χ3v) is 24.0. The lowest BCUT2D eigenvalue weighted by Gasteiger charge is -2.23. The molecule has 730 valence electrons. The molecule has 0 aliphatic carbocycles. The van der Waals surface area contributed by atoms with Crippen molar-refractivity contribution in [2.75, 3.05) is 137 Å². The molecule has 0 spiro atoms. The molecule has 0 fully saturated rings. The highest BCUT2D eigenvalue weighted by Gasteiger charge is 2.08. The summed E-state index contributed by atoms with van der Waals surface area (Å²) in [5.74, 6) is 0. The number of nitrogens with one attached hydrogen (secondary N) is 3. The second-order valence-corrected chi connectivity index (χ2v) is 36.0. The smallest absolute Gasteiger partial charge is 0.119 e. The number of hydrogen-bond donors (Lipinski definition) is 6. The first-order chi connectivity index (χ1) is 59.0. The van der Waals surface area contributed by atoms with Crippen LogP contribution >= 0.6 is 12.4 Å². The van der Waals surface area contributed by atoms with Gasteiger partial charge in [0.2, 0.25) is 0 Å². The summed E-state index contributed by atoms with van der Waals surface area (Å²) in [4.78, 5) is 31.8. The Kier molecular flexibility index (Phi) is 139. The Morgan fingerprint density at radius 1 is 0.207 bits per heavy atom. The van der Waals surface area contributed by atoms with Gasteiger partial charge in [0.1, 0.15) is 6.29 Å². The molecule has 0 aliphatic rings. The van der Waals surface area contributed by atoms with Crippen molar-refractivity contribution in [3.63, 3.8) is 0 Å². The van der Waals surface area contributed by atoms with E-state index in [4.69, 9.17) is 32.2 Å². The van der Waals surface area contributed by atoms with E-state index in [1.54, 1.807) is 0 Å². The number of carbonyl (C=O) groups excluding carboxylic acids is 1. The first kappa shape index (κ1) is 130. The molecule has 0 rings (SSSR count). The zero-order valence-electron chi connectivity index (χ0n) is 83.7. The summed E-state index contributed by atoms with van der Waals surface area (Å²) in [6.45, 7) is 37.5. The van der Waals surface area contributed by atoms with Gasteiger partial charge >= 0.3 is 0 Å². The molecule has 0 unspecified atom stereocenters. The monoisotopic (exact) mass is 1730 g/mol. The lowest BCUT2D eigenvalue weighted by Crippen LogP contribution is -2.38. The minimum absolute atomic E-state index is 0. The first-order valence-electron chi connectivity index (χ1n) is 54.2. The van der Waals surface area contributed by atoms with Crippen molar-refractivity contribution in [2.45, 2.75) is 524 Å². The first-order valence-corrected chi connectivity index (χ1v) is 54.2. The molecule has 10 N–H and O–H groups in total. The van der Waals surface area contributed by atoms with E-state index < -0.39 is 0 Å². The average molecular weight is 1740 g/mol. The fraction of sp³-hybridized carbons (Fsp3) is 0.962. The molecule has 121 heavy (non-hydrogen) atoms. The van der Waals surface area contributed by atoms with Crippen molar-refractivity contribution >= 4 is 37.3 Å². The molecule has 0 atom stereocenters. The Morgan fingerprint density at radius 3 is 0.645 bits per heavy atom. The quantitative estimate of drug-likeness (QED) is 0.0192. The minimum atomic E-state index is 0. The topological polar surface area (TPSA) is 208 Å². The molecule has 14 nitrogen and oxygen atoms in total. The van der Waals surface area contributed by atoms with Gasteiger partial charge in [-0.2, -0.15) is 0 Å². The molecule has 0 amide bonds. The van der Waals surface area contributed by atoms with Crippen LogP contribution in [0.2, 0.25) is 0 Å². The van der Waals surface area contributed by atoms with Crippen molar-refractivity contribution in [2.24, 2.45) is 32.2 Å². The summed E-state index contributed by atoms with van der Waals surface area (Å²) in [6, 6.07) is 0. The van der Waals surface area contributed by atoms with E-state index >= 15 is 0 Å². The van der Waals surface area contributed by atoms with Crippen LogP contribution in [-0.2, 0) is 4.79 Å². The highest BCUT2D eigenvalue weighted by atomic mass is 35.5. The molecule has 0 radical (unpaired) electrons. The predicted octanol–water partition coefficient (Wildman–Crippen LogP) is 29.2. The molecule has 0 aromatic rings. The van der Waals surface area contributed by atoms with Gasteiger partial charge in [-0.05, 0) is 128 Å². The number of aldehydes is 1. The van der Waals surface area contributed by atoms with Crippen LogP contribution in [0, 0.1) is 0 Å². The number of nitrogens with zero attached hydrogens (tertiary/aromatic N) is 6. The maximum Gasteiger partial charge on any atom is 0.119 e. The Bertz CT molecular complexity index is 1760. The fourth-order valence-corrected chi connectivity index (χ4v) is 15.9. The van der Waals surface area contributed by atoms with Gasteiger partial charge in [-0.3, -0.25) is 24.8 Å². The van der Waals surface area contributed by atoms with Gasteiger partial charge in [0.15, 0.2) is 0 Å². The van der Waals surface area contributed by atoms with Crippen LogP contribution in [0.4, 0.5) is 0 Å². The number of nitrogens with two attached hydrogens (primary N) is 3. The Balaban J connectivity index is -0.000000425. The molecule has 0 saturated carbocycles. The Labute approximate surface area is 767 Å². The SMILES string of the molecule is CCCCCCCCCCCC=NCCCN(CCN=CCCCCCCCCCCC)CCN=CCCCCCCCCCCCC.CCCCCCCCCCCC=O.CCCCCCCCCCCCCNCCN(CCCNCCCCCCCCCCCC)CCNCCCCCCCCCCCC.Cl.NCCN(CCN)CCN.[OH-]. The van der Waals surface area contributed by atoms with Crippen molar-refractivity contribution in [1.82, 2.24) is 30.7 Å². The predicted molar refractivity (Wildman–Crippen MR) is 552 cm³/mol. The van der Waals surface area contributed by atoms with Crippen LogP contribution in [0.15, 0.2) is 15.0 Å². The molecule has 15 heteroatoms. The number of rotatable bonds is 101. The molecule has 0 aromatic carbocycles. The third kappa shape index (κ3) is 129. The summed E-state index contributed by atoms with van der Waals surface area (Å²) in [5.41, 5.74) is 16.1. The lowest BCUT2D eigenvalue weighted by molar-refractivity contribution is -0.107. The van der Waals surface area contributed by atoms with Gasteiger partial charge in [-0.25, -0.2) is 0 Å². The molecular weight excluding hydrogens is 1510 g/mol. The number of carbonyl (C=O) groups is 1. The summed E-state index contributed by atoms with van der Waals surface area (Å²) in [5, 5.41) is 11.3. The molecule has 0 aromatic heterocycles. The van der Waals surface area contributed by atoms with Gasteiger partial charge in [0.25, 0.3) is 0 Å². The van der Waals surface area contributed by atoms with E-state index in [1.165, 1.54) is 482 Å². The average Bonchev–Trinajstić information content (AvgIpc) is 0.996. The van der Waals surface area contributed by atoms with E-state index in [0.717, 1.165) is 117 Å². The van der Waals surface area contributed by atoms with E-state index in [9.17, 15) is 4.79 Å². The van der Waals surface area contributed by atoms with Gasteiger partial charge in [0.05, 0.1) is 13.1 Å². The van der Waals surface area contributed by atoms with E-state index in [-0.39, 0.29) is 17.9 Å². The second-order valence-electron chi connectivity index (χ2n) is 36.0. The van der Waals surface area contributed by atoms with Crippen LogP contribution in [0.3, 0.4) is 0 Å². The summed E-state index contributed by atoms with van der Waals surface area (Å²) < 4.78 is 0. The van der Waals surface area contributed by atoms with E-state index in [2.05, 4.69) is 97.8 Å². The van der Waals surface area contributed by atoms with Crippen molar-refractivity contribution in [3.05, 3.63) is 0 Å². The number of hydrogen-bond acceptors (Lipinski definition) is 14. The van der Waals surface area contributed by atoms with Crippen LogP contribution < -0.4 is 33.2 Å². The highest BCUT2D eigenvalue weighted by molar-refractivity contribution is 5.85. The van der Waals surface area contributed by atoms with Crippen molar-refractivity contribution in [3.8, 4) is 0 Å². The van der Waals surface area contributed by atoms with Gasteiger partial charge in [-0.15, -0.1) is 12.4 Å². The summed E-state index contributed by atoms with van der Waals surface area (Å²) >= 11 is 0. The van der Waals surface area contributed by atoms with Crippen LogP contribution in [0.1, 0.15) is 524 Å². The second kappa shape index (κ2) is 129. The molecule has 0 aliphatic heterocycles. The Morgan fingerprint density at radius 2 is 0.397 bits per heavy atom. The zero-order chi connectivity index (χ0) is 87.0. The lowest BCUT2D eigenvalue weighted by atomic mass is 10.1. The highest BCUT2D eigenvalue weighted by Crippen LogP contribution is 2.18. The fourth-order valence-electron chi connectivity index (χ4n) is 15.9. The number of aliphatic imine (C=N–C) groups is 3. The molecule has 0 saturated heterocycles.